The van der Waals surface area contributed by atoms with Crippen molar-refractivity contribution < 1.29 is 13.2 Å². The average molecular weight is 342 g/mol. The number of aryl methyl sites for hydroxylation is 1. The van der Waals surface area contributed by atoms with E-state index in [1.165, 1.54) is 12.1 Å². The maximum atomic E-state index is 12.5. The Kier molecular flexibility index (Phi) is 5.05. The van der Waals surface area contributed by atoms with Gasteiger partial charge >= 0.3 is 0 Å². The summed E-state index contributed by atoms with van der Waals surface area (Å²) in [5.41, 5.74) is 2.44. The molecule has 1 unspecified atom stereocenters. The van der Waals surface area contributed by atoms with E-state index in [2.05, 4.69) is 5.32 Å². The van der Waals surface area contributed by atoms with Gasteiger partial charge in [0.2, 0.25) is 0 Å². The van der Waals surface area contributed by atoms with E-state index in [0.717, 1.165) is 11.8 Å². The van der Waals surface area contributed by atoms with Crippen molar-refractivity contribution in [3.8, 4) is 6.07 Å². The average Bonchev–Trinajstić information content (AvgIpc) is 2.54. The lowest BCUT2D eigenvalue weighted by molar-refractivity contribution is 0.0939. The largest absolute Gasteiger partial charge is 0.346 e. The number of carbonyl (C=O) groups is 1. The van der Waals surface area contributed by atoms with Crippen molar-refractivity contribution in [3.63, 3.8) is 0 Å². The molecule has 0 fully saturated rings. The first kappa shape index (κ1) is 17.7. The van der Waals surface area contributed by atoms with E-state index in [4.69, 9.17) is 5.26 Å². The summed E-state index contributed by atoms with van der Waals surface area (Å²) >= 11 is 0. The second kappa shape index (κ2) is 6.85. The van der Waals surface area contributed by atoms with Crippen LogP contribution in [0, 0.1) is 18.3 Å². The summed E-state index contributed by atoms with van der Waals surface area (Å²) in [5, 5.41) is 11.7. The molecule has 0 saturated carbocycles. The first-order valence-corrected chi connectivity index (χ1v) is 9.23. The minimum Gasteiger partial charge on any atom is -0.346 e. The highest BCUT2D eigenvalue weighted by Crippen LogP contribution is 2.18. The third kappa shape index (κ3) is 4.00. The van der Waals surface area contributed by atoms with Crippen molar-refractivity contribution >= 4 is 15.7 Å². The van der Waals surface area contributed by atoms with Crippen molar-refractivity contribution in [1.82, 2.24) is 5.32 Å². The van der Waals surface area contributed by atoms with E-state index in [0.29, 0.717) is 16.7 Å². The molecule has 1 amide bonds. The van der Waals surface area contributed by atoms with Crippen molar-refractivity contribution in [1.29, 1.82) is 5.26 Å². The first-order chi connectivity index (χ1) is 11.2. The van der Waals surface area contributed by atoms with Crippen LogP contribution in [0.15, 0.2) is 47.4 Å². The second-order valence-corrected chi connectivity index (χ2v) is 7.69. The Morgan fingerprint density at radius 1 is 1.17 bits per heavy atom. The zero-order valence-electron chi connectivity index (χ0n) is 13.7. The fraction of sp³-hybridized carbons (Fsp3) is 0.222. The molecular formula is C18H18N2O3S. The topological polar surface area (TPSA) is 87.0 Å². The summed E-state index contributed by atoms with van der Waals surface area (Å²) in [5.74, 6) is -0.338. The van der Waals surface area contributed by atoms with E-state index in [1.807, 2.05) is 13.0 Å². The number of carbonyl (C=O) groups excluding carboxylic acids is 1. The van der Waals surface area contributed by atoms with Gasteiger partial charge in [-0.3, -0.25) is 4.79 Å². The molecule has 2 rings (SSSR count). The van der Waals surface area contributed by atoms with Gasteiger partial charge in [-0.15, -0.1) is 0 Å². The Hall–Kier alpha value is -2.65. The molecule has 5 nitrogen and oxygen atoms in total. The van der Waals surface area contributed by atoms with Crippen LogP contribution in [-0.4, -0.2) is 20.6 Å². The van der Waals surface area contributed by atoms with Gasteiger partial charge in [-0.05, 0) is 49.2 Å². The number of nitrogens with zero attached hydrogens (tertiary/aromatic N) is 1. The Labute approximate surface area is 141 Å². The Morgan fingerprint density at radius 2 is 1.79 bits per heavy atom. The molecule has 0 radical (unpaired) electrons. The zero-order valence-corrected chi connectivity index (χ0v) is 14.5. The van der Waals surface area contributed by atoms with Gasteiger partial charge in [-0.2, -0.15) is 5.26 Å². The van der Waals surface area contributed by atoms with Crippen molar-refractivity contribution in [2.24, 2.45) is 0 Å². The van der Waals surface area contributed by atoms with Gasteiger partial charge in [-0.25, -0.2) is 8.42 Å². The van der Waals surface area contributed by atoms with Gasteiger partial charge in [0, 0.05) is 11.8 Å². The van der Waals surface area contributed by atoms with Crippen LogP contribution in [-0.2, 0) is 9.84 Å². The number of hydrogen-bond donors (Lipinski definition) is 1. The van der Waals surface area contributed by atoms with Crippen LogP contribution in [0.3, 0.4) is 0 Å². The number of rotatable bonds is 4. The van der Waals surface area contributed by atoms with Gasteiger partial charge in [0.15, 0.2) is 9.84 Å². The molecule has 0 aliphatic heterocycles. The maximum Gasteiger partial charge on any atom is 0.252 e. The maximum absolute atomic E-state index is 12.5. The molecule has 0 aliphatic rings. The Balaban J connectivity index is 2.24. The molecule has 1 atom stereocenters. The molecule has 1 N–H and O–H groups in total. The molecule has 0 aromatic heterocycles. The van der Waals surface area contributed by atoms with E-state index < -0.39 is 9.84 Å². The fourth-order valence-corrected chi connectivity index (χ4v) is 2.93. The number of amides is 1. The summed E-state index contributed by atoms with van der Waals surface area (Å²) in [4.78, 5) is 12.6. The van der Waals surface area contributed by atoms with Crippen LogP contribution < -0.4 is 5.32 Å². The Bertz CT molecular complexity index is 910. The van der Waals surface area contributed by atoms with Gasteiger partial charge in [0.1, 0.15) is 0 Å². The number of nitrogens with one attached hydrogen (secondary N) is 1. The van der Waals surface area contributed by atoms with Crippen LogP contribution in [0.5, 0.6) is 0 Å². The molecule has 0 saturated heterocycles. The monoisotopic (exact) mass is 342 g/mol. The van der Waals surface area contributed by atoms with Crippen LogP contribution in [0.25, 0.3) is 0 Å². The van der Waals surface area contributed by atoms with Gasteiger partial charge in [0.25, 0.3) is 5.91 Å². The highest BCUT2D eigenvalue weighted by Gasteiger charge is 2.16. The summed E-state index contributed by atoms with van der Waals surface area (Å²) in [6.45, 7) is 3.59. The molecule has 0 bridgehead atoms. The lowest BCUT2D eigenvalue weighted by atomic mass is 10.0. The van der Waals surface area contributed by atoms with Crippen LogP contribution in [0.4, 0.5) is 0 Å². The summed E-state index contributed by atoms with van der Waals surface area (Å²) in [6.07, 6.45) is 1.11. The third-order valence-electron chi connectivity index (χ3n) is 3.77. The van der Waals surface area contributed by atoms with Crippen molar-refractivity contribution in [2.75, 3.05) is 6.26 Å². The van der Waals surface area contributed by atoms with E-state index in [1.54, 1.807) is 37.3 Å². The van der Waals surface area contributed by atoms with Crippen molar-refractivity contribution in [2.45, 2.75) is 24.8 Å². The van der Waals surface area contributed by atoms with Gasteiger partial charge < -0.3 is 5.32 Å². The standard InChI is InChI=1S/C18H18N2O3S/c1-12-4-9-16(24(3,22)23)10-17(12)18(21)20-13(2)15-7-5-14(11-19)6-8-15/h4-10,13H,1-3H3,(H,20,21). The molecule has 6 heteroatoms. The molecule has 0 heterocycles. The highest BCUT2D eigenvalue weighted by molar-refractivity contribution is 7.90. The lowest BCUT2D eigenvalue weighted by Gasteiger charge is -2.16. The predicted molar refractivity (Wildman–Crippen MR) is 91.3 cm³/mol. The van der Waals surface area contributed by atoms with Crippen LogP contribution in [0.1, 0.15) is 40.0 Å². The minimum absolute atomic E-state index is 0.115. The SMILES string of the molecule is Cc1ccc(S(C)(=O)=O)cc1C(=O)NC(C)c1ccc(C#N)cc1. The van der Waals surface area contributed by atoms with Gasteiger partial charge in [0.05, 0.1) is 22.6 Å². The summed E-state index contributed by atoms with van der Waals surface area (Å²) < 4.78 is 23.3. The summed E-state index contributed by atoms with van der Waals surface area (Å²) in [6, 6.07) is 13.2. The minimum atomic E-state index is -3.37. The number of nitriles is 1. The third-order valence-corrected chi connectivity index (χ3v) is 4.88. The van der Waals surface area contributed by atoms with E-state index in [-0.39, 0.29) is 16.8 Å². The molecule has 2 aromatic carbocycles. The lowest BCUT2D eigenvalue weighted by Crippen LogP contribution is -2.27. The zero-order chi connectivity index (χ0) is 17.9. The molecule has 24 heavy (non-hydrogen) atoms. The molecule has 0 aliphatic carbocycles. The number of sulfone groups is 1. The second-order valence-electron chi connectivity index (χ2n) is 5.68. The first-order valence-electron chi connectivity index (χ1n) is 7.34. The van der Waals surface area contributed by atoms with Crippen LogP contribution >= 0.6 is 0 Å². The molecule has 0 spiro atoms. The van der Waals surface area contributed by atoms with Crippen LogP contribution in [0.2, 0.25) is 0 Å². The van der Waals surface area contributed by atoms with Gasteiger partial charge in [-0.1, -0.05) is 18.2 Å². The van der Waals surface area contributed by atoms with E-state index >= 15 is 0 Å². The van der Waals surface area contributed by atoms with E-state index in [9.17, 15) is 13.2 Å². The quantitative estimate of drug-likeness (QED) is 0.925. The molecule has 124 valence electrons. The summed E-state index contributed by atoms with van der Waals surface area (Å²) in [7, 11) is -3.37. The Morgan fingerprint density at radius 3 is 2.33 bits per heavy atom. The molecule has 2 aromatic rings. The smallest absolute Gasteiger partial charge is 0.252 e. The highest BCUT2D eigenvalue weighted by atomic mass is 32.2. The van der Waals surface area contributed by atoms with Crippen molar-refractivity contribution in [3.05, 3.63) is 64.7 Å². The molecular weight excluding hydrogens is 324 g/mol. The number of hydrogen-bond acceptors (Lipinski definition) is 4. The fourth-order valence-electron chi connectivity index (χ4n) is 2.28. The normalized spacial score (nSPS) is 12.2. The number of benzene rings is 2. The predicted octanol–water partition coefficient (Wildman–Crippen LogP) is 2.76.